The predicted octanol–water partition coefficient (Wildman–Crippen LogP) is 0.802. The van der Waals surface area contributed by atoms with E-state index in [1.807, 2.05) is 0 Å². The Kier molecular flexibility index (Phi) is 2.97. The van der Waals surface area contributed by atoms with E-state index in [1.54, 1.807) is 31.3 Å². The van der Waals surface area contributed by atoms with Gasteiger partial charge in [-0.2, -0.15) is 0 Å². The second-order valence-electron chi connectivity index (χ2n) is 2.91. The molecule has 0 amide bonds. The minimum atomic E-state index is -0.904. The average molecular weight is 180 g/mol. The third-order valence-corrected chi connectivity index (χ3v) is 1.96. The SMILES string of the molecule is CC(C(=O)O)C(N)c1ccccn1. The number of pyridine rings is 1. The molecule has 4 heteroatoms. The van der Waals surface area contributed by atoms with Crippen molar-refractivity contribution < 1.29 is 9.90 Å². The quantitative estimate of drug-likeness (QED) is 0.721. The Bertz CT molecular complexity index is 287. The summed E-state index contributed by atoms with van der Waals surface area (Å²) in [6.07, 6.45) is 1.60. The number of nitrogens with zero attached hydrogens (tertiary/aromatic N) is 1. The summed E-state index contributed by atoms with van der Waals surface area (Å²) in [5.74, 6) is -1.52. The Morgan fingerprint density at radius 1 is 1.62 bits per heavy atom. The average Bonchev–Trinajstić information content (AvgIpc) is 2.17. The van der Waals surface area contributed by atoms with Crippen molar-refractivity contribution in [2.45, 2.75) is 13.0 Å². The molecular formula is C9H12N2O2. The summed E-state index contributed by atoms with van der Waals surface area (Å²) >= 11 is 0. The summed E-state index contributed by atoms with van der Waals surface area (Å²) in [6.45, 7) is 1.57. The van der Waals surface area contributed by atoms with Crippen LogP contribution >= 0.6 is 0 Å². The highest BCUT2D eigenvalue weighted by atomic mass is 16.4. The van der Waals surface area contributed by atoms with Gasteiger partial charge in [-0.3, -0.25) is 9.78 Å². The van der Waals surface area contributed by atoms with E-state index in [2.05, 4.69) is 4.98 Å². The van der Waals surface area contributed by atoms with Crippen LogP contribution in [0.15, 0.2) is 24.4 Å². The lowest BCUT2D eigenvalue weighted by Crippen LogP contribution is -2.26. The number of nitrogens with two attached hydrogens (primary N) is 1. The second-order valence-corrected chi connectivity index (χ2v) is 2.91. The highest BCUT2D eigenvalue weighted by molar-refractivity contribution is 5.70. The summed E-state index contributed by atoms with van der Waals surface area (Å²) in [4.78, 5) is 14.6. The Morgan fingerprint density at radius 3 is 2.77 bits per heavy atom. The maximum Gasteiger partial charge on any atom is 0.308 e. The molecule has 0 aliphatic heterocycles. The maximum atomic E-state index is 10.6. The van der Waals surface area contributed by atoms with E-state index in [0.717, 1.165) is 0 Å². The topological polar surface area (TPSA) is 76.2 Å². The van der Waals surface area contributed by atoms with Gasteiger partial charge in [0, 0.05) is 6.20 Å². The maximum absolute atomic E-state index is 10.6. The number of aliphatic carboxylic acids is 1. The Balaban J connectivity index is 2.79. The van der Waals surface area contributed by atoms with Crippen LogP contribution in [0.1, 0.15) is 18.7 Å². The van der Waals surface area contributed by atoms with Gasteiger partial charge in [-0.1, -0.05) is 13.0 Å². The van der Waals surface area contributed by atoms with Crippen molar-refractivity contribution in [3.8, 4) is 0 Å². The molecule has 1 heterocycles. The van der Waals surface area contributed by atoms with Crippen molar-refractivity contribution in [2.75, 3.05) is 0 Å². The number of carboxylic acids is 1. The zero-order valence-corrected chi connectivity index (χ0v) is 7.34. The van der Waals surface area contributed by atoms with Crippen LogP contribution in [0.3, 0.4) is 0 Å². The van der Waals surface area contributed by atoms with E-state index in [1.165, 1.54) is 0 Å². The van der Waals surface area contributed by atoms with E-state index < -0.39 is 17.9 Å². The molecule has 0 aromatic carbocycles. The van der Waals surface area contributed by atoms with Crippen LogP contribution in [0.25, 0.3) is 0 Å². The fourth-order valence-electron chi connectivity index (χ4n) is 0.983. The standard InChI is InChI=1S/C9H12N2O2/c1-6(9(12)13)8(10)7-4-2-3-5-11-7/h2-6,8H,10H2,1H3,(H,12,13). The molecule has 0 bridgehead atoms. The van der Waals surface area contributed by atoms with E-state index in [-0.39, 0.29) is 0 Å². The van der Waals surface area contributed by atoms with Crippen molar-refractivity contribution >= 4 is 5.97 Å². The minimum absolute atomic E-state index is 0.543. The predicted molar refractivity (Wildman–Crippen MR) is 48.0 cm³/mol. The molecule has 4 nitrogen and oxygen atoms in total. The minimum Gasteiger partial charge on any atom is -0.481 e. The number of hydrogen-bond donors (Lipinski definition) is 2. The fourth-order valence-corrected chi connectivity index (χ4v) is 0.983. The van der Waals surface area contributed by atoms with Gasteiger partial charge >= 0.3 is 5.97 Å². The first-order valence-corrected chi connectivity index (χ1v) is 4.02. The van der Waals surface area contributed by atoms with Crippen LogP contribution in [0, 0.1) is 5.92 Å². The molecule has 70 valence electrons. The van der Waals surface area contributed by atoms with Crippen molar-refractivity contribution in [1.29, 1.82) is 0 Å². The van der Waals surface area contributed by atoms with Crippen LogP contribution in [-0.4, -0.2) is 16.1 Å². The van der Waals surface area contributed by atoms with Gasteiger partial charge in [0.05, 0.1) is 17.7 Å². The monoisotopic (exact) mass is 180 g/mol. The van der Waals surface area contributed by atoms with E-state index in [4.69, 9.17) is 10.8 Å². The summed E-state index contributed by atoms with van der Waals surface area (Å²) in [6, 6.07) is 4.74. The number of rotatable bonds is 3. The molecule has 3 N–H and O–H groups in total. The van der Waals surface area contributed by atoms with Gasteiger partial charge in [0.2, 0.25) is 0 Å². The van der Waals surface area contributed by atoms with Crippen molar-refractivity contribution in [3.63, 3.8) is 0 Å². The van der Waals surface area contributed by atoms with Gasteiger partial charge in [0.15, 0.2) is 0 Å². The number of carboxylic acid groups (broad SMARTS) is 1. The number of hydrogen-bond acceptors (Lipinski definition) is 3. The first-order chi connectivity index (χ1) is 6.13. The van der Waals surface area contributed by atoms with Gasteiger partial charge in [-0.15, -0.1) is 0 Å². The molecule has 2 unspecified atom stereocenters. The summed E-state index contributed by atoms with van der Waals surface area (Å²) in [5.41, 5.74) is 6.30. The molecule has 0 radical (unpaired) electrons. The molecular weight excluding hydrogens is 168 g/mol. The zero-order chi connectivity index (χ0) is 9.84. The fraction of sp³-hybridized carbons (Fsp3) is 0.333. The van der Waals surface area contributed by atoms with Crippen LogP contribution < -0.4 is 5.73 Å². The molecule has 1 aromatic heterocycles. The summed E-state index contributed by atoms with van der Waals surface area (Å²) in [7, 11) is 0. The molecule has 0 fully saturated rings. The molecule has 2 atom stereocenters. The first-order valence-electron chi connectivity index (χ1n) is 4.02. The van der Waals surface area contributed by atoms with E-state index in [0.29, 0.717) is 5.69 Å². The summed E-state index contributed by atoms with van der Waals surface area (Å²) in [5, 5.41) is 8.71. The third-order valence-electron chi connectivity index (χ3n) is 1.96. The van der Waals surface area contributed by atoms with Crippen LogP contribution in [0.5, 0.6) is 0 Å². The molecule has 0 saturated carbocycles. The Hall–Kier alpha value is -1.42. The van der Waals surface area contributed by atoms with Gasteiger partial charge in [-0.25, -0.2) is 0 Å². The first kappa shape index (κ1) is 9.67. The van der Waals surface area contributed by atoms with Gasteiger partial charge in [0.1, 0.15) is 0 Å². The molecule has 0 aliphatic rings. The van der Waals surface area contributed by atoms with Gasteiger partial charge in [-0.05, 0) is 12.1 Å². The molecule has 1 aromatic rings. The van der Waals surface area contributed by atoms with E-state index in [9.17, 15) is 4.79 Å². The molecule has 0 aliphatic carbocycles. The van der Waals surface area contributed by atoms with Gasteiger partial charge in [0.25, 0.3) is 0 Å². The lowest BCUT2D eigenvalue weighted by atomic mass is 10.00. The van der Waals surface area contributed by atoms with Crippen LogP contribution in [0.4, 0.5) is 0 Å². The molecule has 1 rings (SSSR count). The summed E-state index contributed by atoms with van der Waals surface area (Å²) < 4.78 is 0. The van der Waals surface area contributed by atoms with Gasteiger partial charge < -0.3 is 10.8 Å². The highest BCUT2D eigenvalue weighted by Crippen LogP contribution is 2.16. The smallest absolute Gasteiger partial charge is 0.308 e. The third kappa shape index (κ3) is 2.26. The van der Waals surface area contributed by atoms with Crippen LogP contribution in [-0.2, 0) is 4.79 Å². The lowest BCUT2D eigenvalue weighted by molar-refractivity contribution is -0.141. The zero-order valence-electron chi connectivity index (χ0n) is 7.34. The molecule has 0 saturated heterocycles. The van der Waals surface area contributed by atoms with Crippen molar-refractivity contribution in [1.82, 2.24) is 4.98 Å². The van der Waals surface area contributed by atoms with Crippen LogP contribution in [0.2, 0.25) is 0 Å². The van der Waals surface area contributed by atoms with Crippen molar-refractivity contribution in [2.24, 2.45) is 11.7 Å². The highest BCUT2D eigenvalue weighted by Gasteiger charge is 2.21. The largest absolute Gasteiger partial charge is 0.481 e. The lowest BCUT2D eigenvalue weighted by Gasteiger charge is -2.14. The number of aromatic nitrogens is 1. The normalized spacial score (nSPS) is 14.9. The number of carbonyl (C=O) groups is 1. The second kappa shape index (κ2) is 4.00. The molecule has 0 spiro atoms. The Labute approximate surface area is 76.4 Å². The Morgan fingerprint density at radius 2 is 2.31 bits per heavy atom. The molecule has 13 heavy (non-hydrogen) atoms. The van der Waals surface area contributed by atoms with Crippen molar-refractivity contribution in [3.05, 3.63) is 30.1 Å². The van der Waals surface area contributed by atoms with E-state index >= 15 is 0 Å².